The van der Waals surface area contributed by atoms with Crippen molar-refractivity contribution >= 4 is 27.7 Å². The summed E-state index contributed by atoms with van der Waals surface area (Å²) in [6, 6.07) is 6.88. The Bertz CT molecular complexity index is 283. The van der Waals surface area contributed by atoms with Crippen molar-refractivity contribution in [2.75, 3.05) is 11.1 Å². The second-order valence-electron chi connectivity index (χ2n) is 2.98. The van der Waals surface area contributed by atoms with Gasteiger partial charge in [0.05, 0.1) is 0 Å². The molecule has 2 rings (SSSR count). The Morgan fingerprint density at radius 3 is 3.17 bits per heavy atom. The number of alkyl halides is 1. The summed E-state index contributed by atoms with van der Waals surface area (Å²) in [6.45, 7) is 0. The van der Waals surface area contributed by atoms with Gasteiger partial charge in [0, 0.05) is 16.0 Å². The lowest BCUT2D eigenvalue weighted by molar-refractivity contribution is 1.09. The molecule has 0 atom stereocenters. The molecule has 0 fully saturated rings. The lowest BCUT2D eigenvalue weighted by Crippen LogP contribution is -1.88. The molecule has 1 aliphatic heterocycles. The summed E-state index contributed by atoms with van der Waals surface area (Å²) in [4.78, 5) is 1.49. The van der Waals surface area contributed by atoms with E-state index in [2.05, 4.69) is 34.1 Å². The number of thioether (sulfide) groups is 1. The maximum Gasteiger partial charge on any atom is 0.0105 e. The molecule has 12 heavy (non-hydrogen) atoms. The normalized spacial score (nSPS) is 14.8. The number of fused-ring (bicyclic) bond motifs is 1. The van der Waals surface area contributed by atoms with Gasteiger partial charge in [0.25, 0.3) is 0 Å². The number of aryl methyl sites for hydroxylation is 2. The zero-order chi connectivity index (χ0) is 8.39. The van der Waals surface area contributed by atoms with Crippen molar-refractivity contribution in [1.29, 1.82) is 0 Å². The van der Waals surface area contributed by atoms with E-state index in [1.165, 1.54) is 22.6 Å². The molecule has 0 unspecified atom stereocenters. The lowest BCUT2D eigenvalue weighted by Gasteiger charge is -2.01. The average Bonchev–Trinajstić information content (AvgIpc) is 2.51. The fourth-order valence-electron chi connectivity index (χ4n) is 1.50. The molecule has 0 saturated carbocycles. The summed E-state index contributed by atoms with van der Waals surface area (Å²) in [5.74, 6) is 1.27. The summed E-state index contributed by atoms with van der Waals surface area (Å²) in [5.41, 5.74) is 3.02. The monoisotopic (exact) mass is 242 g/mol. The molecule has 1 aliphatic rings. The molecule has 0 N–H and O–H groups in total. The Hall–Kier alpha value is 0.0500. The Balaban J connectivity index is 2.26. The van der Waals surface area contributed by atoms with Crippen molar-refractivity contribution < 1.29 is 0 Å². The van der Waals surface area contributed by atoms with Crippen LogP contribution in [-0.4, -0.2) is 11.1 Å². The summed E-state index contributed by atoms with van der Waals surface area (Å²) >= 11 is 5.44. The third-order valence-electron chi connectivity index (χ3n) is 2.14. The van der Waals surface area contributed by atoms with Crippen molar-refractivity contribution in [3.63, 3.8) is 0 Å². The van der Waals surface area contributed by atoms with E-state index < -0.39 is 0 Å². The van der Waals surface area contributed by atoms with Gasteiger partial charge in [-0.3, -0.25) is 0 Å². The molecule has 1 aromatic rings. The molecule has 2 heteroatoms. The Morgan fingerprint density at radius 1 is 1.42 bits per heavy atom. The zero-order valence-electron chi connectivity index (χ0n) is 6.85. The van der Waals surface area contributed by atoms with E-state index in [4.69, 9.17) is 0 Å². The van der Waals surface area contributed by atoms with Gasteiger partial charge in [-0.1, -0.05) is 28.1 Å². The predicted octanol–water partition coefficient (Wildman–Crippen LogP) is 3.27. The van der Waals surface area contributed by atoms with E-state index in [1.54, 1.807) is 5.56 Å². The smallest absolute Gasteiger partial charge is 0.0105 e. The molecular formula is C10H11BrS. The molecule has 0 amide bonds. The summed E-state index contributed by atoms with van der Waals surface area (Å²) in [5, 5.41) is 1.07. The molecule has 0 radical (unpaired) electrons. The highest BCUT2D eigenvalue weighted by atomic mass is 79.9. The van der Waals surface area contributed by atoms with Gasteiger partial charge >= 0.3 is 0 Å². The fraction of sp³-hybridized carbons (Fsp3) is 0.400. The Morgan fingerprint density at radius 2 is 2.33 bits per heavy atom. The van der Waals surface area contributed by atoms with Crippen molar-refractivity contribution in [3.05, 3.63) is 29.3 Å². The molecule has 0 saturated heterocycles. The van der Waals surface area contributed by atoms with Crippen LogP contribution in [0.3, 0.4) is 0 Å². The number of hydrogen-bond acceptors (Lipinski definition) is 1. The second-order valence-corrected chi connectivity index (χ2v) is 4.91. The largest absolute Gasteiger partial charge is 0.126 e. The molecule has 0 spiro atoms. The minimum absolute atomic E-state index is 1.07. The fourth-order valence-corrected chi connectivity index (χ4v) is 3.01. The van der Waals surface area contributed by atoms with Crippen molar-refractivity contribution in [2.24, 2.45) is 0 Å². The second kappa shape index (κ2) is 3.84. The minimum Gasteiger partial charge on any atom is -0.126 e. The number of rotatable bonds is 2. The van der Waals surface area contributed by atoms with Crippen LogP contribution < -0.4 is 0 Å². The van der Waals surface area contributed by atoms with Gasteiger partial charge in [0.2, 0.25) is 0 Å². The Kier molecular flexibility index (Phi) is 2.76. The zero-order valence-corrected chi connectivity index (χ0v) is 9.25. The third-order valence-corrected chi connectivity index (χ3v) is 3.65. The summed E-state index contributed by atoms with van der Waals surface area (Å²) in [6.07, 6.45) is 2.41. The van der Waals surface area contributed by atoms with Crippen LogP contribution >= 0.6 is 27.7 Å². The van der Waals surface area contributed by atoms with Crippen LogP contribution in [0.4, 0.5) is 0 Å². The molecule has 0 nitrogen and oxygen atoms in total. The van der Waals surface area contributed by atoms with Gasteiger partial charge in [-0.05, 0) is 30.0 Å². The molecular weight excluding hydrogens is 232 g/mol. The van der Waals surface area contributed by atoms with E-state index in [9.17, 15) is 0 Å². The van der Waals surface area contributed by atoms with Gasteiger partial charge in [-0.2, -0.15) is 0 Å². The van der Waals surface area contributed by atoms with E-state index in [0.29, 0.717) is 0 Å². The highest BCUT2D eigenvalue weighted by molar-refractivity contribution is 9.09. The van der Waals surface area contributed by atoms with Crippen LogP contribution in [-0.2, 0) is 12.8 Å². The molecule has 1 aromatic carbocycles. The average molecular weight is 243 g/mol. The van der Waals surface area contributed by atoms with E-state index >= 15 is 0 Å². The maximum atomic E-state index is 3.46. The molecule has 0 bridgehead atoms. The number of halogens is 1. The third kappa shape index (κ3) is 1.69. The Labute approximate surface area is 85.9 Å². The SMILES string of the molecule is BrCCc1ccc2c(c1)CCS2. The van der Waals surface area contributed by atoms with Crippen molar-refractivity contribution in [2.45, 2.75) is 17.7 Å². The van der Waals surface area contributed by atoms with Crippen LogP contribution in [0.2, 0.25) is 0 Å². The molecule has 64 valence electrons. The lowest BCUT2D eigenvalue weighted by atomic mass is 10.1. The first kappa shape index (κ1) is 8.64. The van der Waals surface area contributed by atoms with Gasteiger partial charge in [0.1, 0.15) is 0 Å². The van der Waals surface area contributed by atoms with Crippen LogP contribution in [0.1, 0.15) is 11.1 Å². The number of hydrogen-bond donors (Lipinski definition) is 0. The summed E-state index contributed by atoms with van der Waals surface area (Å²) < 4.78 is 0. The first-order valence-electron chi connectivity index (χ1n) is 4.21. The quantitative estimate of drug-likeness (QED) is 0.718. The molecule has 1 heterocycles. The summed E-state index contributed by atoms with van der Waals surface area (Å²) in [7, 11) is 0. The van der Waals surface area contributed by atoms with Crippen LogP contribution in [0.15, 0.2) is 23.1 Å². The minimum atomic E-state index is 1.07. The maximum absolute atomic E-state index is 3.46. The van der Waals surface area contributed by atoms with E-state index in [-0.39, 0.29) is 0 Å². The van der Waals surface area contributed by atoms with Crippen LogP contribution in [0.25, 0.3) is 0 Å². The van der Waals surface area contributed by atoms with Gasteiger partial charge in [-0.25, -0.2) is 0 Å². The predicted molar refractivity (Wildman–Crippen MR) is 58.4 cm³/mol. The van der Waals surface area contributed by atoms with E-state index in [0.717, 1.165) is 11.8 Å². The number of benzene rings is 1. The first-order chi connectivity index (χ1) is 5.90. The molecule has 0 aromatic heterocycles. The van der Waals surface area contributed by atoms with Crippen molar-refractivity contribution in [1.82, 2.24) is 0 Å². The highest BCUT2D eigenvalue weighted by Crippen LogP contribution is 2.31. The molecule has 0 aliphatic carbocycles. The van der Waals surface area contributed by atoms with Gasteiger partial charge < -0.3 is 0 Å². The highest BCUT2D eigenvalue weighted by Gasteiger charge is 2.10. The van der Waals surface area contributed by atoms with E-state index in [1.807, 2.05) is 11.8 Å². The van der Waals surface area contributed by atoms with Gasteiger partial charge in [-0.15, -0.1) is 11.8 Å². The standard InChI is InChI=1S/C10H11BrS/c11-5-3-8-1-2-10-9(7-8)4-6-12-10/h1-2,7H,3-6H2. The van der Waals surface area contributed by atoms with Crippen LogP contribution in [0.5, 0.6) is 0 Å². The van der Waals surface area contributed by atoms with Crippen LogP contribution in [0, 0.1) is 0 Å². The first-order valence-corrected chi connectivity index (χ1v) is 6.31. The van der Waals surface area contributed by atoms with Gasteiger partial charge in [0.15, 0.2) is 0 Å². The van der Waals surface area contributed by atoms with Crippen molar-refractivity contribution in [3.8, 4) is 0 Å². The topological polar surface area (TPSA) is 0 Å².